The summed E-state index contributed by atoms with van der Waals surface area (Å²) in [5.41, 5.74) is 2.49. The lowest BCUT2D eigenvalue weighted by atomic mass is 10.2. The molecule has 0 radical (unpaired) electrons. The predicted molar refractivity (Wildman–Crippen MR) is 88.9 cm³/mol. The van der Waals surface area contributed by atoms with Crippen molar-refractivity contribution in [3.63, 3.8) is 0 Å². The van der Waals surface area contributed by atoms with E-state index in [4.69, 9.17) is 11.2 Å². The normalized spacial score (nSPS) is 11.3. The van der Waals surface area contributed by atoms with E-state index in [1.165, 1.54) is 12.3 Å². The van der Waals surface area contributed by atoms with Gasteiger partial charge in [0, 0.05) is 6.20 Å². The van der Waals surface area contributed by atoms with Crippen LogP contribution in [0, 0.1) is 12.3 Å². The lowest BCUT2D eigenvalue weighted by molar-refractivity contribution is -0.137. The second-order valence-corrected chi connectivity index (χ2v) is 5.34. The Morgan fingerprint density at radius 3 is 2.71 bits per heavy atom. The molecule has 1 N–H and O–H groups in total. The number of rotatable bonds is 5. The van der Waals surface area contributed by atoms with Crippen LogP contribution in [-0.2, 0) is 6.18 Å². The maximum Gasteiger partial charge on any atom is 0.417 e. The first-order valence-electron chi connectivity index (χ1n) is 6.58. The minimum Gasteiger partial charge on any atom is -0.480 e. The van der Waals surface area contributed by atoms with Gasteiger partial charge >= 0.3 is 6.18 Å². The fraction of sp³-hybridized carbons (Fsp3) is 0.125. The number of alkyl halides is 3. The number of aromatic nitrogens is 1. The van der Waals surface area contributed by atoms with Crippen LogP contribution in [0.2, 0.25) is 0 Å². The van der Waals surface area contributed by atoms with Crippen molar-refractivity contribution in [3.05, 3.63) is 52.1 Å². The molecule has 1 aromatic carbocycles. The molecule has 2 aromatic rings. The fourth-order valence-electron chi connectivity index (χ4n) is 1.63. The molecular formula is C16H11BrF3N3O. The van der Waals surface area contributed by atoms with Gasteiger partial charge in [-0.1, -0.05) is 5.92 Å². The summed E-state index contributed by atoms with van der Waals surface area (Å²) in [6.45, 7) is 0.160. The van der Waals surface area contributed by atoms with Crippen LogP contribution in [0.25, 0.3) is 0 Å². The van der Waals surface area contributed by atoms with Gasteiger partial charge in [0.15, 0.2) is 0 Å². The third-order valence-corrected chi connectivity index (χ3v) is 3.37. The van der Waals surface area contributed by atoms with E-state index >= 15 is 0 Å². The molecular weight excluding hydrogens is 387 g/mol. The molecule has 24 heavy (non-hydrogen) atoms. The Morgan fingerprint density at radius 1 is 1.33 bits per heavy atom. The van der Waals surface area contributed by atoms with Gasteiger partial charge in [0.05, 0.1) is 16.3 Å². The zero-order valence-electron chi connectivity index (χ0n) is 12.1. The van der Waals surface area contributed by atoms with Gasteiger partial charge in [0.2, 0.25) is 0 Å². The average molecular weight is 398 g/mol. The van der Waals surface area contributed by atoms with Crippen LogP contribution in [0.15, 0.2) is 46.1 Å². The van der Waals surface area contributed by atoms with Crippen molar-refractivity contribution in [2.45, 2.75) is 6.18 Å². The maximum atomic E-state index is 12.4. The molecule has 4 nitrogen and oxygen atoms in total. The lowest BCUT2D eigenvalue weighted by Gasteiger charge is -2.06. The number of pyridine rings is 1. The molecule has 2 rings (SSSR count). The van der Waals surface area contributed by atoms with Crippen molar-refractivity contribution >= 4 is 28.0 Å². The number of hydrazone groups is 1. The summed E-state index contributed by atoms with van der Waals surface area (Å²) in [5, 5.41) is 3.92. The topological polar surface area (TPSA) is 46.5 Å². The van der Waals surface area contributed by atoms with Gasteiger partial charge in [-0.3, -0.25) is 5.43 Å². The molecule has 0 aliphatic rings. The zero-order valence-corrected chi connectivity index (χ0v) is 13.7. The number of ether oxygens (including phenoxy) is 1. The molecule has 0 amide bonds. The van der Waals surface area contributed by atoms with Gasteiger partial charge in [-0.25, -0.2) is 4.98 Å². The van der Waals surface area contributed by atoms with Crippen molar-refractivity contribution in [2.75, 3.05) is 12.0 Å². The highest BCUT2D eigenvalue weighted by Crippen LogP contribution is 2.29. The van der Waals surface area contributed by atoms with Crippen LogP contribution in [0.5, 0.6) is 5.75 Å². The van der Waals surface area contributed by atoms with Crippen molar-refractivity contribution < 1.29 is 17.9 Å². The van der Waals surface area contributed by atoms with Crippen molar-refractivity contribution in [2.24, 2.45) is 5.10 Å². The summed E-state index contributed by atoms with van der Waals surface area (Å²) in [6, 6.07) is 7.37. The lowest BCUT2D eigenvalue weighted by Crippen LogP contribution is -2.05. The van der Waals surface area contributed by atoms with Crippen LogP contribution in [-0.4, -0.2) is 17.8 Å². The van der Waals surface area contributed by atoms with E-state index in [1.807, 2.05) is 0 Å². The van der Waals surface area contributed by atoms with Crippen molar-refractivity contribution in [1.82, 2.24) is 4.98 Å². The first-order chi connectivity index (χ1) is 11.4. The molecule has 1 heterocycles. The van der Waals surface area contributed by atoms with Gasteiger partial charge in [0.1, 0.15) is 18.2 Å². The number of hydrogen-bond donors (Lipinski definition) is 1. The molecule has 0 bridgehead atoms. The number of nitrogens with one attached hydrogen (secondary N) is 1. The fourth-order valence-corrected chi connectivity index (χ4v) is 2.15. The molecule has 1 aromatic heterocycles. The molecule has 124 valence electrons. The Labute approximate surface area is 144 Å². The highest BCUT2D eigenvalue weighted by atomic mass is 79.9. The summed E-state index contributed by atoms with van der Waals surface area (Å²) >= 11 is 3.35. The van der Waals surface area contributed by atoms with Crippen LogP contribution in [0.3, 0.4) is 0 Å². The molecule has 0 atom stereocenters. The summed E-state index contributed by atoms with van der Waals surface area (Å²) in [5.74, 6) is 3.17. The Balaban J connectivity index is 1.99. The number of benzene rings is 1. The van der Waals surface area contributed by atoms with E-state index in [0.29, 0.717) is 10.2 Å². The molecule has 0 saturated heterocycles. The van der Waals surface area contributed by atoms with Crippen LogP contribution >= 0.6 is 15.9 Å². The average Bonchev–Trinajstić information content (AvgIpc) is 2.54. The first-order valence-corrected chi connectivity index (χ1v) is 7.37. The van der Waals surface area contributed by atoms with Crippen LogP contribution in [0.1, 0.15) is 11.1 Å². The molecule has 0 aliphatic carbocycles. The van der Waals surface area contributed by atoms with E-state index in [-0.39, 0.29) is 12.4 Å². The highest BCUT2D eigenvalue weighted by Gasteiger charge is 2.30. The van der Waals surface area contributed by atoms with Gasteiger partial charge < -0.3 is 4.74 Å². The van der Waals surface area contributed by atoms with Crippen molar-refractivity contribution in [3.8, 4) is 18.1 Å². The predicted octanol–water partition coefficient (Wildman–Crippen LogP) is 4.32. The van der Waals surface area contributed by atoms with Crippen LogP contribution < -0.4 is 10.2 Å². The van der Waals surface area contributed by atoms with Gasteiger partial charge in [-0.15, -0.1) is 6.42 Å². The number of terminal acetylenes is 1. The smallest absolute Gasteiger partial charge is 0.417 e. The number of hydrogen-bond acceptors (Lipinski definition) is 4. The second kappa shape index (κ2) is 7.84. The molecule has 0 saturated carbocycles. The molecule has 0 fully saturated rings. The van der Waals surface area contributed by atoms with E-state index in [1.54, 1.807) is 18.2 Å². The first kappa shape index (κ1) is 17.8. The summed E-state index contributed by atoms with van der Waals surface area (Å²) in [6.07, 6.45) is 2.95. The molecule has 0 unspecified atom stereocenters. The van der Waals surface area contributed by atoms with Gasteiger partial charge in [-0.2, -0.15) is 18.3 Å². The van der Waals surface area contributed by atoms with Crippen molar-refractivity contribution in [1.29, 1.82) is 0 Å². The molecule has 0 aliphatic heterocycles. The third kappa shape index (κ3) is 4.99. The SMILES string of the molecule is C#CCOc1ccc(/C=N\Nc2ccc(C(F)(F)F)cn2)cc1Br. The van der Waals surface area contributed by atoms with Gasteiger partial charge in [0.25, 0.3) is 0 Å². The zero-order chi connectivity index (χ0) is 17.6. The Bertz CT molecular complexity index is 768. The van der Waals surface area contributed by atoms with E-state index in [2.05, 4.69) is 37.4 Å². The quantitative estimate of drug-likeness (QED) is 0.464. The summed E-state index contributed by atoms with van der Waals surface area (Å²) in [7, 11) is 0. The third-order valence-electron chi connectivity index (χ3n) is 2.75. The minimum absolute atomic E-state index is 0.160. The van der Waals surface area contributed by atoms with E-state index in [0.717, 1.165) is 17.8 Å². The summed E-state index contributed by atoms with van der Waals surface area (Å²) < 4.78 is 43.3. The van der Waals surface area contributed by atoms with E-state index in [9.17, 15) is 13.2 Å². The number of anilines is 1. The molecule has 8 heteroatoms. The highest BCUT2D eigenvalue weighted by molar-refractivity contribution is 9.10. The number of nitrogens with zero attached hydrogens (tertiary/aromatic N) is 2. The molecule has 0 spiro atoms. The van der Waals surface area contributed by atoms with E-state index < -0.39 is 11.7 Å². The maximum absolute atomic E-state index is 12.4. The second-order valence-electron chi connectivity index (χ2n) is 4.48. The monoisotopic (exact) mass is 397 g/mol. The number of halogens is 4. The minimum atomic E-state index is -4.41. The standard InChI is InChI=1S/C16H11BrF3N3O/c1-2-7-24-14-5-3-11(8-13(14)17)9-22-23-15-6-4-12(10-21-15)16(18,19)20/h1,3-6,8-10H,7H2,(H,21,23)/b22-9-. The van der Waals surface area contributed by atoms with Crippen LogP contribution in [0.4, 0.5) is 19.0 Å². The Morgan fingerprint density at radius 2 is 2.12 bits per heavy atom. The Hall–Kier alpha value is -2.53. The summed E-state index contributed by atoms with van der Waals surface area (Å²) in [4.78, 5) is 3.65. The Kier molecular flexibility index (Phi) is 5.82. The van der Waals surface area contributed by atoms with Gasteiger partial charge in [-0.05, 0) is 51.8 Å². The largest absolute Gasteiger partial charge is 0.480 e.